The fourth-order valence-corrected chi connectivity index (χ4v) is 2.20. The topological polar surface area (TPSA) is 42.2 Å². The first-order valence-corrected chi connectivity index (χ1v) is 5.48. The summed E-state index contributed by atoms with van der Waals surface area (Å²) in [4.78, 5) is 0. The van der Waals surface area contributed by atoms with Crippen molar-refractivity contribution in [2.24, 2.45) is 0 Å². The van der Waals surface area contributed by atoms with Crippen LogP contribution in [0.2, 0.25) is 0 Å². The molecule has 0 radical (unpaired) electrons. The van der Waals surface area contributed by atoms with E-state index in [0.29, 0.717) is 6.04 Å². The molecular formula is C11H14N4. The van der Waals surface area contributed by atoms with Crippen LogP contribution >= 0.6 is 0 Å². The van der Waals surface area contributed by atoms with Crippen LogP contribution in [0.4, 0.5) is 0 Å². The number of hydrogen-bond acceptors (Lipinski definition) is 3. The van der Waals surface area contributed by atoms with Crippen molar-refractivity contribution < 1.29 is 0 Å². The van der Waals surface area contributed by atoms with E-state index in [1.54, 1.807) is 0 Å². The molecule has 1 aliphatic heterocycles. The maximum absolute atomic E-state index is 4.27. The van der Waals surface area contributed by atoms with Gasteiger partial charge in [-0.25, -0.2) is 4.52 Å². The van der Waals surface area contributed by atoms with Crippen molar-refractivity contribution in [3.63, 3.8) is 0 Å². The summed E-state index contributed by atoms with van der Waals surface area (Å²) in [7, 11) is 0. The molecule has 78 valence electrons. The Morgan fingerprint density at radius 3 is 3.20 bits per heavy atom. The molecule has 0 amide bonds. The van der Waals surface area contributed by atoms with E-state index in [4.69, 9.17) is 0 Å². The van der Waals surface area contributed by atoms with Gasteiger partial charge in [-0.15, -0.1) is 5.10 Å². The largest absolute Gasteiger partial charge is 0.309 e. The minimum absolute atomic E-state index is 0.388. The van der Waals surface area contributed by atoms with Crippen LogP contribution in [-0.4, -0.2) is 21.4 Å². The number of piperidine rings is 1. The molecule has 15 heavy (non-hydrogen) atoms. The molecular weight excluding hydrogens is 188 g/mol. The molecule has 4 nitrogen and oxygen atoms in total. The average Bonchev–Trinajstić information content (AvgIpc) is 2.74. The van der Waals surface area contributed by atoms with E-state index in [9.17, 15) is 0 Å². The maximum atomic E-state index is 4.27. The second-order valence-electron chi connectivity index (χ2n) is 4.01. The van der Waals surface area contributed by atoms with Gasteiger partial charge in [-0.1, -0.05) is 17.7 Å². The molecule has 2 aromatic rings. The first-order chi connectivity index (χ1) is 7.45. The number of rotatable bonds is 1. The van der Waals surface area contributed by atoms with E-state index >= 15 is 0 Å². The Kier molecular flexibility index (Phi) is 2.14. The van der Waals surface area contributed by atoms with Crippen LogP contribution in [0.5, 0.6) is 0 Å². The van der Waals surface area contributed by atoms with Gasteiger partial charge < -0.3 is 5.32 Å². The predicted molar refractivity (Wildman–Crippen MR) is 57.6 cm³/mol. The fraction of sp³-hybridized carbons (Fsp3) is 0.455. The zero-order valence-corrected chi connectivity index (χ0v) is 8.56. The van der Waals surface area contributed by atoms with E-state index in [1.807, 2.05) is 22.8 Å². The number of fused-ring (bicyclic) bond motifs is 1. The molecule has 1 fully saturated rings. The number of nitrogens with one attached hydrogen (secondary N) is 1. The van der Waals surface area contributed by atoms with Crippen LogP contribution in [0.3, 0.4) is 0 Å². The van der Waals surface area contributed by atoms with Crippen molar-refractivity contribution in [3.8, 4) is 0 Å². The molecule has 0 spiro atoms. The first kappa shape index (κ1) is 8.85. The molecule has 2 aromatic heterocycles. The number of nitrogens with zero attached hydrogens (tertiary/aromatic N) is 3. The summed E-state index contributed by atoms with van der Waals surface area (Å²) >= 11 is 0. The minimum atomic E-state index is 0.388. The molecule has 1 N–H and O–H groups in total. The molecule has 4 heteroatoms. The Bertz CT molecular complexity index is 456. The molecule has 0 saturated carbocycles. The number of pyridine rings is 1. The Labute approximate surface area is 88.3 Å². The van der Waals surface area contributed by atoms with E-state index in [0.717, 1.165) is 17.8 Å². The third kappa shape index (κ3) is 1.51. The fourth-order valence-electron chi connectivity index (χ4n) is 2.20. The summed E-state index contributed by atoms with van der Waals surface area (Å²) in [6.07, 6.45) is 5.66. The Balaban J connectivity index is 2.02. The highest BCUT2D eigenvalue weighted by Gasteiger charge is 2.19. The smallest absolute Gasteiger partial charge is 0.107 e. The van der Waals surface area contributed by atoms with Crippen molar-refractivity contribution in [2.45, 2.75) is 25.3 Å². The molecule has 3 heterocycles. The zero-order valence-electron chi connectivity index (χ0n) is 8.56. The second-order valence-corrected chi connectivity index (χ2v) is 4.01. The maximum Gasteiger partial charge on any atom is 0.107 e. The lowest BCUT2D eigenvalue weighted by molar-refractivity contribution is 0.407. The van der Waals surface area contributed by atoms with Crippen molar-refractivity contribution in [2.75, 3.05) is 6.54 Å². The summed E-state index contributed by atoms with van der Waals surface area (Å²) in [5, 5.41) is 11.9. The van der Waals surface area contributed by atoms with Gasteiger partial charge in [0.25, 0.3) is 0 Å². The highest BCUT2D eigenvalue weighted by molar-refractivity contribution is 5.51. The van der Waals surface area contributed by atoms with Gasteiger partial charge in [-0.2, -0.15) is 0 Å². The van der Waals surface area contributed by atoms with Gasteiger partial charge in [0.1, 0.15) is 5.69 Å². The zero-order chi connectivity index (χ0) is 10.1. The van der Waals surface area contributed by atoms with Crippen molar-refractivity contribution >= 4 is 5.52 Å². The van der Waals surface area contributed by atoms with Gasteiger partial charge >= 0.3 is 0 Å². The standard InChI is InChI=1S/C11H14N4/c1-3-7-12-9(5-1)11-10-6-2-4-8-15(10)14-13-11/h2,4,6,8-9,12H,1,3,5,7H2. The van der Waals surface area contributed by atoms with Crippen LogP contribution in [0.15, 0.2) is 24.4 Å². The summed E-state index contributed by atoms with van der Waals surface area (Å²) in [6.45, 7) is 1.09. The van der Waals surface area contributed by atoms with Crippen LogP contribution in [0.1, 0.15) is 31.0 Å². The van der Waals surface area contributed by atoms with E-state index in [-0.39, 0.29) is 0 Å². The van der Waals surface area contributed by atoms with E-state index < -0.39 is 0 Å². The molecule has 1 unspecified atom stereocenters. The highest BCUT2D eigenvalue weighted by Crippen LogP contribution is 2.24. The van der Waals surface area contributed by atoms with E-state index in [1.165, 1.54) is 19.3 Å². The van der Waals surface area contributed by atoms with Crippen molar-refractivity contribution in [3.05, 3.63) is 30.1 Å². The second kappa shape index (κ2) is 3.62. The number of hydrogen-bond donors (Lipinski definition) is 1. The van der Waals surface area contributed by atoms with Crippen molar-refractivity contribution in [1.29, 1.82) is 0 Å². The Morgan fingerprint density at radius 2 is 2.33 bits per heavy atom. The van der Waals surface area contributed by atoms with Gasteiger partial charge in [0.2, 0.25) is 0 Å². The quantitative estimate of drug-likeness (QED) is 0.762. The van der Waals surface area contributed by atoms with Crippen LogP contribution in [0.25, 0.3) is 5.52 Å². The SMILES string of the molecule is c1ccn2nnc(C3CCCCN3)c2c1. The minimum Gasteiger partial charge on any atom is -0.309 e. The van der Waals surface area contributed by atoms with Crippen LogP contribution in [0, 0.1) is 0 Å². The first-order valence-electron chi connectivity index (χ1n) is 5.48. The van der Waals surface area contributed by atoms with Gasteiger partial charge in [-0.3, -0.25) is 0 Å². The molecule has 0 bridgehead atoms. The van der Waals surface area contributed by atoms with Crippen molar-refractivity contribution in [1.82, 2.24) is 20.1 Å². The lowest BCUT2D eigenvalue weighted by Gasteiger charge is -2.21. The highest BCUT2D eigenvalue weighted by atomic mass is 15.4. The monoisotopic (exact) mass is 202 g/mol. The Hall–Kier alpha value is -1.42. The Morgan fingerprint density at radius 1 is 1.33 bits per heavy atom. The lowest BCUT2D eigenvalue weighted by atomic mass is 10.0. The average molecular weight is 202 g/mol. The molecule has 1 aliphatic rings. The van der Waals surface area contributed by atoms with Crippen LogP contribution < -0.4 is 5.32 Å². The van der Waals surface area contributed by atoms with Gasteiger partial charge in [-0.05, 0) is 31.5 Å². The third-order valence-corrected chi connectivity index (χ3v) is 2.99. The molecule has 1 saturated heterocycles. The van der Waals surface area contributed by atoms with E-state index in [2.05, 4.69) is 21.7 Å². The summed E-state index contributed by atoms with van der Waals surface area (Å²) in [5.74, 6) is 0. The summed E-state index contributed by atoms with van der Waals surface area (Å²) < 4.78 is 1.84. The lowest BCUT2D eigenvalue weighted by Crippen LogP contribution is -2.27. The molecule has 3 rings (SSSR count). The predicted octanol–water partition coefficient (Wildman–Crippen LogP) is 1.54. The van der Waals surface area contributed by atoms with Crippen LogP contribution in [-0.2, 0) is 0 Å². The molecule has 1 atom stereocenters. The van der Waals surface area contributed by atoms with Gasteiger partial charge in [0.15, 0.2) is 0 Å². The van der Waals surface area contributed by atoms with Gasteiger partial charge in [0, 0.05) is 6.20 Å². The summed E-state index contributed by atoms with van der Waals surface area (Å²) in [6, 6.07) is 6.47. The normalized spacial score (nSPS) is 22.0. The number of aromatic nitrogens is 3. The molecule has 0 aliphatic carbocycles. The third-order valence-electron chi connectivity index (χ3n) is 2.99. The molecule has 0 aromatic carbocycles. The summed E-state index contributed by atoms with van der Waals surface area (Å²) in [5.41, 5.74) is 2.22. The van der Waals surface area contributed by atoms with Gasteiger partial charge in [0.05, 0.1) is 11.6 Å².